The summed E-state index contributed by atoms with van der Waals surface area (Å²) in [7, 11) is 0. The molecule has 5 nitrogen and oxygen atoms in total. The van der Waals surface area contributed by atoms with Crippen molar-refractivity contribution in [3.05, 3.63) is 28.8 Å². The number of nitrogens with one attached hydrogen (secondary N) is 1. The lowest BCUT2D eigenvalue weighted by molar-refractivity contribution is -0.165. The minimum Gasteiger partial charge on any atom is -0.463 e. The Labute approximate surface area is 153 Å². The number of nitrogens with zero attached hydrogens (tertiary/aromatic N) is 1. The first-order chi connectivity index (χ1) is 12.3. The fourth-order valence-corrected chi connectivity index (χ4v) is 3.66. The molecule has 1 aromatic rings. The molecule has 0 radical (unpaired) electrons. The molecule has 2 heterocycles. The lowest BCUT2D eigenvalue weighted by Gasteiger charge is -2.43. The van der Waals surface area contributed by atoms with E-state index in [0.29, 0.717) is 13.2 Å². The van der Waals surface area contributed by atoms with E-state index in [1.165, 1.54) is 6.07 Å². The number of cyclic esters (lactones) is 1. The Morgan fingerprint density at radius 3 is 2.85 bits per heavy atom. The number of benzene rings is 1. The highest BCUT2D eigenvalue weighted by Crippen LogP contribution is 2.36. The van der Waals surface area contributed by atoms with E-state index in [-0.39, 0.29) is 18.2 Å². The van der Waals surface area contributed by atoms with Gasteiger partial charge in [-0.25, -0.2) is 0 Å². The van der Waals surface area contributed by atoms with Crippen molar-refractivity contribution in [2.24, 2.45) is 0 Å². The Morgan fingerprint density at radius 2 is 2.12 bits per heavy atom. The standard InChI is InChI=1S/C17H18ClF3N2O3/c18-13-5-4-10(7-12(13)17(19,20)21)22-15(24)8-14-16(25)26-9-11-3-1-2-6-23(11)14/h4-5,7,11,14H,1-3,6,8-9H2,(H,22,24)/t11-,14-/m1/s1. The quantitative estimate of drug-likeness (QED) is 0.803. The summed E-state index contributed by atoms with van der Waals surface area (Å²) >= 11 is 5.57. The Hall–Kier alpha value is -1.80. The van der Waals surface area contributed by atoms with Gasteiger partial charge in [-0.2, -0.15) is 13.2 Å². The van der Waals surface area contributed by atoms with Gasteiger partial charge in [0.15, 0.2) is 0 Å². The molecule has 0 bridgehead atoms. The second-order valence-electron chi connectivity index (χ2n) is 6.48. The van der Waals surface area contributed by atoms with E-state index in [1.54, 1.807) is 0 Å². The van der Waals surface area contributed by atoms with Crippen LogP contribution in [0, 0.1) is 0 Å². The van der Waals surface area contributed by atoms with Gasteiger partial charge in [0.1, 0.15) is 12.6 Å². The van der Waals surface area contributed by atoms with Crippen molar-refractivity contribution in [2.75, 3.05) is 18.5 Å². The molecule has 0 saturated carbocycles. The van der Waals surface area contributed by atoms with E-state index in [9.17, 15) is 22.8 Å². The lowest BCUT2D eigenvalue weighted by atomic mass is 9.97. The molecule has 2 aliphatic heterocycles. The summed E-state index contributed by atoms with van der Waals surface area (Å²) in [5, 5.41) is 1.97. The van der Waals surface area contributed by atoms with Crippen LogP contribution in [0.25, 0.3) is 0 Å². The van der Waals surface area contributed by atoms with Gasteiger partial charge in [0.2, 0.25) is 5.91 Å². The SMILES string of the molecule is O=C(C[C@@H]1C(=O)OC[C@H]2CCCCN21)Nc1ccc(Cl)c(C(F)(F)F)c1. The van der Waals surface area contributed by atoms with Crippen LogP contribution in [0.1, 0.15) is 31.2 Å². The van der Waals surface area contributed by atoms with Gasteiger partial charge in [0.25, 0.3) is 0 Å². The molecule has 0 unspecified atom stereocenters. The van der Waals surface area contributed by atoms with E-state index in [2.05, 4.69) is 5.32 Å². The summed E-state index contributed by atoms with van der Waals surface area (Å²) in [5.41, 5.74) is -1.05. The van der Waals surface area contributed by atoms with E-state index in [1.807, 2.05) is 4.90 Å². The molecule has 9 heteroatoms. The first-order valence-electron chi connectivity index (χ1n) is 8.34. The number of esters is 1. The highest BCUT2D eigenvalue weighted by atomic mass is 35.5. The fourth-order valence-electron chi connectivity index (χ4n) is 3.43. The van der Waals surface area contributed by atoms with Crippen LogP contribution in [0.3, 0.4) is 0 Å². The van der Waals surface area contributed by atoms with Crippen molar-refractivity contribution < 1.29 is 27.5 Å². The highest BCUT2D eigenvalue weighted by Gasteiger charge is 2.40. The van der Waals surface area contributed by atoms with Crippen LogP contribution in [-0.4, -0.2) is 42.0 Å². The first-order valence-corrected chi connectivity index (χ1v) is 8.72. The van der Waals surface area contributed by atoms with Crippen LogP contribution in [0.4, 0.5) is 18.9 Å². The topological polar surface area (TPSA) is 58.6 Å². The van der Waals surface area contributed by atoms with Crippen molar-refractivity contribution >= 4 is 29.2 Å². The summed E-state index contributed by atoms with van der Waals surface area (Å²) in [5.74, 6) is -1.01. The Bertz CT molecular complexity index is 711. The third-order valence-electron chi connectivity index (χ3n) is 4.70. The number of ether oxygens (including phenoxy) is 1. The second-order valence-corrected chi connectivity index (χ2v) is 6.89. The van der Waals surface area contributed by atoms with Gasteiger partial charge in [0, 0.05) is 11.7 Å². The maximum Gasteiger partial charge on any atom is 0.417 e. The third kappa shape index (κ3) is 4.12. The zero-order valence-electron chi connectivity index (χ0n) is 13.8. The molecule has 2 atom stereocenters. The average Bonchev–Trinajstić information content (AvgIpc) is 2.58. The number of anilines is 1. The first kappa shape index (κ1) is 19.0. The number of amides is 1. The number of fused-ring (bicyclic) bond motifs is 1. The van der Waals surface area contributed by atoms with Crippen molar-refractivity contribution in [1.82, 2.24) is 4.90 Å². The summed E-state index contributed by atoms with van der Waals surface area (Å²) in [6.45, 7) is 1.03. The Balaban J connectivity index is 1.69. The van der Waals surface area contributed by atoms with Crippen LogP contribution in [-0.2, 0) is 20.5 Å². The number of carbonyl (C=O) groups is 2. The number of rotatable bonds is 3. The highest BCUT2D eigenvalue weighted by molar-refractivity contribution is 6.31. The summed E-state index contributed by atoms with van der Waals surface area (Å²) in [4.78, 5) is 26.3. The molecule has 3 rings (SSSR count). The van der Waals surface area contributed by atoms with Crippen LogP contribution in [0.2, 0.25) is 5.02 Å². The van der Waals surface area contributed by atoms with Gasteiger partial charge < -0.3 is 10.1 Å². The lowest BCUT2D eigenvalue weighted by Crippen LogP contribution is -2.57. The number of alkyl halides is 3. The number of hydrogen-bond acceptors (Lipinski definition) is 4. The minimum absolute atomic E-state index is 0.0221. The fraction of sp³-hybridized carbons (Fsp3) is 0.529. The number of hydrogen-bond donors (Lipinski definition) is 1. The number of piperidine rings is 1. The molecule has 0 aromatic heterocycles. The van der Waals surface area contributed by atoms with Crippen LogP contribution in [0.5, 0.6) is 0 Å². The molecule has 2 fully saturated rings. The van der Waals surface area contributed by atoms with Gasteiger partial charge in [-0.3, -0.25) is 14.5 Å². The monoisotopic (exact) mass is 390 g/mol. The number of morpholine rings is 1. The molecular formula is C17H18ClF3N2O3. The van der Waals surface area contributed by atoms with Gasteiger partial charge in [-0.1, -0.05) is 18.0 Å². The normalized spacial score (nSPS) is 23.9. The van der Waals surface area contributed by atoms with Crippen LogP contribution >= 0.6 is 11.6 Å². The molecule has 2 saturated heterocycles. The minimum atomic E-state index is -4.62. The molecule has 0 aliphatic carbocycles. The van der Waals surface area contributed by atoms with E-state index in [4.69, 9.17) is 16.3 Å². The van der Waals surface area contributed by atoms with E-state index >= 15 is 0 Å². The Kier molecular flexibility index (Phi) is 5.43. The van der Waals surface area contributed by atoms with Crippen molar-refractivity contribution in [2.45, 2.75) is 43.9 Å². The van der Waals surface area contributed by atoms with Crippen molar-refractivity contribution in [3.63, 3.8) is 0 Å². The van der Waals surface area contributed by atoms with Crippen molar-refractivity contribution in [3.8, 4) is 0 Å². The van der Waals surface area contributed by atoms with Crippen molar-refractivity contribution in [1.29, 1.82) is 0 Å². The molecule has 0 spiro atoms. The maximum absolute atomic E-state index is 12.9. The number of halogens is 4. The Morgan fingerprint density at radius 1 is 1.35 bits per heavy atom. The molecule has 1 aromatic carbocycles. The van der Waals surface area contributed by atoms with Gasteiger partial charge >= 0.3 is 12.1 Å². The van der Waals surface area contributed by atoms with Gasteiger partial charge in [-0.05, 0) is 37.6 Å². The van der Waals surface area contributed by atoms with E-state index in [0.717, 1.165) is 31.4 Å². The van der Waals surface area contributed by atoms with Gasteiger partial charge in [0.05, 0.1) is 17.0 Å². The predicted molar refractivity (Wildman–Crippen MR) is 88.8 cm³/mol. The molecule has 26 heavy (non-hydrogen) atoms. The van der Waals surface area contributed by atoms with Crippen LogP contribution in [0.15, 0.2) is 18.2 Å². The number of carbonyl (C=O) groups excluding carboxylic acids is 2. The molecule has 2 aliphatic rings. The molecular weight excluding hydrogens is 373 g/mol. The summed E-state index contributed by atoms with van der Waals surface area (Å²) in [6.07, 6.45) is -1.90. The average molecular weight is 391 g/mol. The van der Waals surface area contributed by atoms with E-state index < -0.39 is 34.7 Å². The maximum atomic E-state index is 12.9. The predicted octanol–water partition coefficient (Wildman–Crippen LogP) is 3.47. The molecule has 142 valence electrons. The second kappa shape index (κ2) is 7.44. The zero-order valence-corrected chi connectivity index (χ0v) is 14.6. The largest absolute Gasteiger partial charge is 0.463 e. The zero-order chi connectivity index (χ0) is 18.9. The van der Waals surface area contributed by atoms with Crippen LogP contribution < -0.4 is 5.32 Å². The molecule has 1 N–H and O–H groups in total. The summed E-state index contributed by atoms with van der Waals surface area (Å²) < 4.78 is 43.9. The summed E-state index contributed by atoms with van der Waals surface area (Å²) in [6, 6.07) is 2.55. The molecule has 1 amide bonds. The smallest absolute Gasteiger partial charge is 0.417 e. The van der Waals surface area contributed by atoms with Gasteiger partial charge in [-0.15, -0.1) is 0 Å². The third-order valence-corrected chi connectivity index (χ3v) is 5.03.